The minimum absolute atomic E-state index is 0.593. The molecule has 0 aliphatic rings. The Labute approximate surface area is 110 Å². The average molecular weight is 304 g/mol. The van der Waals surface area contributed by atoms with Crippen LogP contribution in [0, 0.1) is 5.92 Å². The average Bonchev–Trinajstić information content (AvgIpc) is 2.28. The molecule has 0 fully saturated rings. The van der Waals surface area contributed by atoms with E-state index in [0.717, 1.165) is 34.9 Å². The maximum Gasteiger partial charge on any atom is 0.120 e. The number of nitrogens with two attached hydrogens (primary N) is 1. The van der Waals surface area contributed by atoms with Crippen LogP contribution in [-0.4, -0.2) is 24.7 Å². The predicted octanol–water partition coefficient (Wildman–Crippen LogP) is 3.16. The standard InChI is InChI=1S/C12H18BrNOS/c1-10(8-14)9-16-6-5-15-12-4-2-3-11(13)7-12/h2-4,7,10H,5-6,8-9,14H2,1H3. The van der Waals surface area contributed by atoms with Gasteiger partial charge in [-0.25, -0.2) is 0 Å². The number of halogens is 1. The van der Waals surface area contributed by atoms with Crippen LogP contribution in [0.4, 0.5) is 0 Å². The molecule has 0 aromatic heterocycles. The van der Waals surface area contributed by atoms with Crippen LogP contribution in [0.2, 0.25) is 0 Å². The molecule has 0 amide bonds. The highest BCUT2D eigenvalue weighted by Crippen LogP contribution is 2.18. The zero-order valence-electron chi connectivity index (χ0n) is 9.49. The number of hydrogen-bond acceptors (Lipinski definition) is 3. The molecule has 0 aliphatic carbocycles. The van der Waals surface area contributed by atoms with Crippen LogP contribution in [0.25, 0.3) is 0 Å². The van der Waals surface area contributed by atoms with Crippen LogP contribution in [0.3, 0.4) is 0 Å². The van der Waals surface area contributed by atoms with Gasteiger partial charge in [0.05, 0.1) is 6.61 Å². The molecule has 1 aromatic carbocycles. The van der Waals surface area contributed by atoms with Crippen molar-refractivity contribution in [3.05, 3.63) is 28.7 Å². The van der Waals surface area contributed by atoms with Gasteiger partial charge in [0, 0.05) is 10.2 Å². The van der Waals surface area contributed by atoms with Crippen molar-refractivity contribution in [1.29, 1.82) is 0 Å². The second kappa shape index (κ2) is 7.98. The third-order valence-corrected chi connectivity index (χ3v) is 3.85. The first-order valence-corrected chi connectivity index (χ1v) is 7.33. The molecule has 1 unspecified atom stereocenters. The summed E-state index contributed by atoms with van der Waals surface area (Å²) < 4.78 is 6.67. The maximum absolute atomic E-state index is 5.62. The second-order valence-electron chi connectivity index (χ2n) is 3.72. The van der Waals surface area contributed by atoms with Gasteiger partial charge < -0.3 is 10.5 Å². The van der Waals surface area contributed by atoms with Gasteiger partial charge in [-0.15, -0.1) is 0 Å². The molecule has 0 saturated carbocycles. The Hall–Kier alpha value is -0.190. The first kappa shape index (κ1) is 13.9. The predicted molar refractivity (Wildman–Crippen MR) is 75.2 cm³/mol. The molecule has 2 nitrogen and oxygen atoms in total. The van der Waals surface area contributed by atoms with Gasteiger partial charge in [0.1, 0.15) is 5.75 Å². The molecule has 0 bridgehead atoms. The molecule has 2 N–H and O–H groups in total. The van der Waals surface area contributed by atoms with Gasteiger partial charge in [0.2, 0.25) is 0 Å². The summed E-state index contributed by atoms with van der Waals surface area (Å²) in [5, 5.41) is 0. The number of thioether (sulfide) groups is 1. The van der Waals surface area contributed by atoms with Gasteiger partial charge in [-0.3, -0.25) is 0 Å². The van der Waals surface area contributed by atoms with E-state index in [1.807, 2.05) is 36.0 Å². The zero-order valence-corrected chi connectivity index (χ0v) is 11.9. The SMILES string of the molecule is CC(CN)CSCCOc1cccc(Br)c1. The Kier molecular flexibility index (Phi) is 6.92. The number of benzene rings is 1. The third-order valence-electron chi connectivity index (χ3n) is 2.10. The van der Waals surface area contributed by atoms with Crippen molar-refractivity contribution < 1.29 is 4.74 Å². The monoisotopic (exact) mass is 303 g/mol. The van der Waals surface area contributed by atoms with Crippen LogP contribution in [0.15, 0.2) is 28.7 Å². The van der Waals surface area contributed by atoms with E-state index in [9.17, 15) is 0 Å². The van der Waals surface area contributed by atoms with Crippen LogP contribution in [-0.2, 0) is 0 Å². The lowest BCUT2D eigenvalue weighted by molar-refractivity contribution is 0.343. The lowest BCUT2D eigenvalue weighted by Gasteiger charge is -2.09. The van der Waals surface area contributed by atoms with Crippen molar-refractivity contribution in [3.8, 4) is 5.75 Å². The molecule has 0 saturated heterocycles. The fraction of sp³-hybridized carbons (Fsp3) is 0.500. The van der Waals surface area contributed by atoms with Gasteiger partial charge in [0.25, 0.3) is 0 Å². The Morgan fingerprint density at radius 1 is 1.50 bits per heavy atom. The first-order chi connectivity index (χ1) is 7.72. The quantitative estimate of drug-likeness (QED) is 0.786. The van der Waals surface area contributed by atoms with E-state index in [2.05, 4.69) is 22.9 Å². The van der Waals surface area contributed by atoms with Crippen molar-refractivity contribution in [2.45, 2.75) is 6.92 Å². The first-order valence-electron chi connectivity index (χ1n) is 5.38. The maximum atomic E-state index is 5.62. The summed E-state index contributed by atoms with van der Waals surface area (Å²) in [5.74, 6) is 3.63. The highest BCUT2D eigenvalue weighted by Gasteiger charge is 1.99. The minimum Gasteiger partial charge on any atom is -0.493 e. The molecule has 1 aromatic rings. The fourth-order valence-corrected chi connectivity index (χ4v) is 2.41. The molecule has 0 radical (unpaired) electrons. The molecule has 4 heteroatoms. The van der Waals surface area contributed by atoms with Crippen LogP contribution in [0.1, 0.15) is 6.92 Å². The van der Waals surface area contributed by atoms with Crippen molar-refractivity contribution in [3.63, 3.8) is 0 Å². The van der Waals surface area contributed by atoms with Crippen molar-refractivity contribution in [2.24, 2.45) is 11.7 Å². The second-order valence-corrected chi connectivity index (χ2v) is 5.79. The normalized spacial score (nSPS) is 12.4. The highest BCUT2D eigenvalue weighted by atomic mass is 79.9. The summed E-state index contributed by atoms with van der Waals surface area (Å²) in [6, 6.07) is 7.92. The molecule has 0 spiro atoms. The Morgan fingerprint density at radius 3 is 3.00 bits per heavy atom. The number of hydrogen-bond donors (Lipinski definition) is 1. The van der Waals surface area contributed by atoms with E-state index < -0.39 is 0 Å². The highest BCUT2D eigenvalue weighted by molar-refractivity contribution is 9.10. The van der Waals surface area contributed by atoms with Crippen LogP contribution in [0.5, 0.6) is 5.75 Å². The van der Waals surface area contributed by atoms with Crippen LogP contribution < -0.4 is 10.5 Å². The largest absolute Gasteiger partial charge is 0.493 e. The van der Waals surface area contributed by atoms with Gasteiger partial charge in [-0.05, 0) is 36.4 Å². The Balaban J connectivity index is 2.12. The van der Waals surface area contributed by atoms with E-state index in [-0.39, 0.29) is 0 Å². The summed E-state index contributed by atoms with van der Waals surface area (Å²) in [5.41, 5.74) is 5.54. The number of ether oxygens (including phenoxy) is 1. The summed E-state index contributed by atoms with van der Waals surface area (Å²) in [6.45, 7) is 3.68. The zero-order chi connectivity index (χ0) is 11.8. The van der Waals surface area contributed by atoms with E-state index in [1.54, 1.807) is 0 Å². The molecule has 16 heavy (non-hydrogen) atoms. The smallest absolute Gasteiger partial charge is 0.120 e. The van der Waals surface area contributed by atoms with Crippen molar-refractivity contribution in [1.82, 2.24) is 0 Å². The van der Waals surface area contributed by atoms with Gasteiger partial charge in [-0.2, -0.15) is 11.8 Å². The number of rotatable bonds is 7. The molecule has 1 atom stereocenters. The van der Waals surface area contributed by atoms with Crippen molar-refractivity contribution >= 4 is 27.7 Å². The van der Waals surface area contributed by atoms with Crippen molar-refractivity contribution in [2.75, 3.05) is 24.7 Å². The van der Waals surface area contributed by atoms with Gasteiger partial charge in [0.15, 0.2) is 0 Å². The molecular formula is C12H18BrNOS. The van der Waals surface area contributed by atoms with Gasteiger partial charge in [-0.1, -0.05) is 28.9 Å². The fourth-order valence-electron chi connectivity index (χ4n) is 1.13. The summed E-state index contributed by atoms with van der Waals surface area (Å²) >= 11 is 5.31. The summed E-state index contributed by atoms with van der Waals surface area (Å²) in [4.78, 5) is 0. The minimum atomic E-state index is 0.593. The van der Waals surface area contributed by atoms with Gasteiger partial charge >= 0.3 is 0 Å². The van der Waals surface area contributed by atoms with E-state index in [1.165, 1.54) is 0 Å². The van der Waals surface area contributed by atoms with E-state index in [0.29, 0.717) is 5.92 Å². The topological polar surface area (TPSA) is 35.2 Å². The third kappa shape index (κ3) is 5.77. The molecule has 1 rings (SSSR count). The lowest BCUT2D eigenvalue weighted by atomic mass is 10.2. The molecular weight excluding hydrogens is 286 g/mol. The molecule has 90 valence electrons. The molecule has 0 aliphatic heterocycles. The van der Waals surface area contributed by atoms with Crippen LogP contribution >= 0.6 is 27.7 Å². The molecule has 0 heterocycles. The van der Waals surface area contributed by atoms with E-state index in [4.69, 9.17) is 10.5 Å². The Bertz CT molecular complexity index is 309. The lowest BCUT2D eigenvalue weighted by Crippen LogP contribution is -2.13. The summed E-state index contributed by atoms with van der Waals surface area (Å²) in [6.07, 6.45) is 0. The Morgan fingerprint density at radius 2 is 2.31 bits per heavy atom. The summed E-state index contributed by atoms with van der Waals surface area (Å²) in [7, 11) is 0. The van der Waals surface area contributed by atoms with E-state index >= 15 is 0 Å².